The first-order valence-corrected chi connectivity index (χ1v) is 9.55. The van der Waals surface area contributed by atoms with Crippen LogP contribution in [0.3, 0.4) is 0 Å². The van der Waals surface area contributed by atoms with Crippen LogP contribution >= 0.6 is 0 Å². The summed E-state index contributed by atoms with van der Waals surface area (Å²) in [6.07, 6.45) is -1.04. The second-order valence-electron chi connectivity index (χ2n) is 7.79. The van der Waals surface area contributed by atoms with E-state index in [0.717, 1.165) is 5.56 Å². The fourth-order valence-electron chi connectivity index (χ4n) is 3.67. The number of nitriles is 1. The molecule has 2 atom stereocenters. The average Bonchev–Trinajstić information content (AvgIpc) is 3.13. The zero-order valence-electron chi connectivity index (χ0n) is 16.8. The van der Waals surface area contributed by atoms with Crippen LogP contribution in [0.1, 0.15) is 47.1 Å². The molecule has 7 heteroatoms. The van der Waals surface area contributed by atoms with Crippen molar-refractivity contribution in [1.82, 2.24) is 10.5 Å². The first kappa shape index (κ1) is 19.7. The normalized spacial score (nSPS) is 19.3. The fourth-order valence-corrected chi connectivity index (χ4v) is 3.67. The summed E-state index contributed by atoms with van der Waals surface area (Å²) in [5, 5.41) is 27.2. The Morgan fingerprint density at radius 3 is 2.67 bits per heavy atom. The molecule has 1 aliphatic heterocycles. The van der Waals surface area contributed by atoms with Crippen LogP contribution in [0.4, 0.5) is 0 Å². The SMILES string of the molecule is Cc1onc(-c2ccccc2)c1C(=O)NC1c2cc(C#N)ccc2OC(C)(C)C1O. The van der Waals surface area contributed by atoms with Gasteiger partial charge in [0.1, 0.15) is 34.5 Å². The summed E-state index contributed by atoms with van der Waals surface area (Å²) in [5.41, 5.74) is 1.50. The van der Waals surface area contributed by atoms with Crippen LogP contribution in [0.15, 0.2) is 53.1 Å². The van der Waals surface area contributed by atoms with E-state index in [1.807, 2.05) is 30.3 Å². The first-order chi connectivity index (χ1) is 14.3. The van der Waals surface area contributed by atoms with Crippen LogP contribution in [0.2, 0.25) is 0 Å². The third-order valence-electron chi connectivity index (χ3n) is 5.30. The molecule has 0 radical (unpaired) electrons. The van der Waals surface area contributed by atoms with Gasteiger partial charge >= 0.3 is 0 Å². The number of nitrogens with zero attached hydrogens (tertiary/aromatic N) is 2. The van der Waals surface area contributed by atoms with Crippen molar-refractivity contribution in [2.45, 2.75) is 38.5 Å². The number of aliphatic hydroxyl groups excluding tert-OH is 1. The smallest absolute Gasteiger partial charge is 0.257 e. The number of carbonyl (C=O) groups is 1. The number of carbonyl (C=O) groups excluding carboxylic acids is 1. The highest BCUT2D eigenvalue weighted by atomic mass is 16.5. The van der Waals surface area contributed by atoms with E-state index in [0.29, 0.717) is 33.9 Å². The first-order valence-electron chi connectivity index (χ1n) is 9.55. The quantitative estimate of drug-likeness (QED) is 0.693. The predicted molar refractivity (Wildman–Crippen MR) is 109 cm³/mol. The molecule has 152 valence electrons. The average molecular weight is 403 g/mol. The summed E-state index contributed by atoms with van der Waals surface area (Å²) in [5.74, 6) is 0.459. The Balaban J connectivity index is 1.74. The number of benzene rings is 2. The summed E-state index contributed by atoms with van der Waals surface area (Å²) in [4.78, 5) is 13.3. The molecular formula is C23H21N3O4. The van der Waals surface area contributed by atoms with Crippen molar-refractivity contribution in [3.63, 3.8) is 0 Å². The van der Waals surface area contributed by atoms with Crippen molar-refractivity contribution in [2.75, 3.05) is 0 Å². The Labute approximate surface area is 173 Å². The maximum atomic E-state index is 13.3. The molecule has 2 heterocycles. The van der Waals surface area contributed by atoms with E-state index in [4.69, 9.17) is 9.26 Å². The van der Waals surface area contributed by atoms with Gasteiger partial charge in [0.05, 0.1) is 17.7 Å². The highest BCUT2D eigenvalue weighted by molar-refractivity contribution is 6.01. The van der Waals surface area contributed by atoms with E-state index in [1.54, 1.807) is 39.0 Å². The zero-order valence-corrected chi connectivity index (χ0v) is 16.8. The molecule has 0 aliphatic carbocycles. The summed E-state index contributed by atoms with van der Waals surface area (Å²) in [6.45, 7) is 5.16. The number of amides is 1. The van der Waals surface area contributed by atoms with Gasteiger partial charge in [0, 0.05) is 11.1 Å². The number of aryl methyl sites for hydroxylation is 1. The number of rotatable bonds is 3. The largest absolute Gasteiger partial charge is 0.485 e. The maximum Gasteiger partial charge on any atom is 0.257 e. The van der Waals surface area contributed by atoms with E-state index in [9.17, 15) is 15.2 Å². The molecule has 3 aromatic rings. The van der Waals surface area contributed by atoms with Gasteiger partial charge in [0.2, 0.25) is 0 Å². The standard InChI is InChI=1S/C23H21N3O4/c1-13-18(19(26-30-13)15-7-5-4-6-8-15)22(28)25-20-16-11-14(12-24)9-10-17(16)29-23(2,3)21(20)27/h4-11,20-21,27H,1-3H3,(H,25,28). The molecule has 0 spiro atoms. The summed E-state index contributed by atoms with van der Waals surface area (Å²) >= 11 is 0. The topological polar surface area (TPSA) is 108 Å². The summed E-state index contributed by atoms with van der Waals surface area (Å²) < 4.78 is 11.2. The van der Waals surface area contributed by atoms with Crippen LogP contribution < -0.4 is 10.1 Å². The molecule has 0 bridgehead atoms. The van der Waals surface area contributed by atoms with Crippen LogP contribution in [-0.4, -0.2) is 27.9 Å². The Hall–Kier alpha value is -3.63. The Morgan fingerprint density at radius 1 is 1.23 bits per heavy atom. The molecule has 7 nitrogen and oxygen atoms in total. The molecule has 2 N–H and O–H groups in total. The number of nitrogens with one attached hydrogen (secondary N) is 1. The van der Waals surface area contributed by atoms with Crippen molar-refractivity contribution >= 4 is 5.91 Å². The van der Waals surface area contributed by atoms with Crippen molar-refractivity contribution in [3.8, 4) is 23.1 Å². The molecule has 0 fully saturated rings. The van der Waals surface area contributed by atoms with Gasteiger partial charge in [-0.05, 0) is 39.0 Å². The lowest BCUT2D eigenvalue weighted by Gasteiger charge is -2.42. The van der Waals surface area contributed by atoms with E-state index >= 15 is 0 Å². The maximum absolute atomic E-state index is 13.3. The highest BCUT2D eigenvalue weighted by Crippen LogP contribution is 2.40. The Morgan fingerprint density at radius 2 is 1.97 bits per heavy atom. The molecule has 4 rings (SSSR count). The minimum Gasteiger partial charge on any atom is -0.485 e. The molecule has 2 aromatic carbocycles. The van der Waals surface area contributed by atoms with Gasteiger partial charge in [-0.3, -0.25) is 4.79 Å². The van der Waals surface area contributed by atoms with E-state index < -0.39 is 23.7 Å². The van der Waals surface area contributed by atoms with E-state index in [-0.39, 0.29) is 0 Å². The Bertz CT molecular complexity index is 1150. The van der Waals surface area contributed by atoms with Gasteiger partial charge in [-0.2, -0.15) is 5.26 Å². The monoisotopic (exact) mass is 403 g/mol. The number of aromatic nitrogens is 1. The van der Waals surface area contributed by atoms with Crippen molar-refractivity contribution < 1.29 is 19.2 Å². The number of fused-ring (bicyclic) bond motifs is 1. The van der Waals surface area contributed by atoms with Gasteiger partial charge in [-0.15, -0.1) is 0 Å². The third kappa shape index (κ3) is 3.31. The molecule has 1 aliphatic rings. The van der Waals surface area contributed by atoms with Gasteiger partial charge in [-0.1, -0.05) is 35.5 Å². The molecular weight excluding hydrogens is 382 g/mol. The number of ether oxygens (including phenoxy) is 1. The summed E-state index contributed by atoms with van der Waals surface area (Å²) in [6, 6.07) is 15.5. The van der Waals surface area contributed by atoms with Gasteiger partial charge < -0.3 is 19.7 Å². The number of hydrogen-bond acceptors (Lipinski definition) is 6. The van der Waals surface area contributed by atoms with Crippen LogP contribution in [-0.2, 0) is 0 Å². The lowest BCUT2D eigenvalue weighted by molar-refractivity contribution is -0.0627. The highest BCUT2D eigenvalue weighted by Gasteiger charge is 2.44. The number of aliphatic hydroxyl groups is 1. The predicted octanol–water partition coefficient (Wildman–Crippen LogP) is 3.52. The van der Waals surface area contributed by atoms with Gasteiger partial charge in [0.25, 0.3) is 5.91 Å². The molecule has 0 saturated carbocycles. The number of hydrogen-bond donors (Lipinski definition) is 2. The Kier molecular flexibility index (Phi) is 4.80. The minimum atomic E-state index is -1.04. The second-order valence-corrected chi connectivity index (χ2v) is 7.79. The lowest BCUT2D eigenvalue weighted by Crippen LogP contribution is -2.53. The van der Waals surface area contributed by atoms with Crippen LogP contribution in [0.25, 0.3) is 11.3 Å². The third-order valence-corrected chi connectivity index (χ3v) is 5.30. The van der Waals surface area contributed by atoms with Crippen LogP contribution in [0, 0.1) is 18.3 Å². The van der Waals surface area contributed by atoms with Crippen molar-refractivity contribution in [2.24, 2.45) is 0 Å². The molecule has 1 aromatic heterocycles. The van der Waals surface area contributed by atoms with Gasteiger partial charge in [0.15, 0.2) is 0 Å². The van der Waals surface area contributed by atoms with Crippen LogP contribution in [0.5, 0.6) is 5.75 Å². The fraction of sp³-hybridized carbons (Fsp3) is 0.261. The lowest BCUT2D eigenvalue weighted by atomic mass is 9.85. The second kappa shape index (κ2) is 7.32. The molecule has 30 heavy (non-hydrogen) atoms. The molecule has 0 saturated heterocycles. The van der Waals surface area contributed by atoms with Crippen molar-refractivity contribution in [1.29, 1.82) is 5.26 Å². The zero-order chi connectivity index (χ0) is 21.5. The minimum absolute atomic E-state index is 0.302. The summed E-state index contributed by atoms with van der Waals surface area (Å²) in [7, 11) is 0. The van der Waals surface area contributed by atoms with E-state index in [2.05, 4.69) is 16.5 Å². The molecule has 2 unspecified atom stereocenters. The molecule has 1 amide bonds. The van der Waals surface area contributed by atoms with E-state index in [1.165, 1.54) is 0 Å². The van der Waals surface area contributed by atoms with Gasteiger partial charge in [-0.25, -0.2) is 0 Å². The van der Waals surface area contributed by atoms with Crippen molar-refractivity contribution in [3.05, 3.63) is 71.0 Å².